The first kappa shape index (κ1) is 4.21. The minimum atomic E-state index is 0.812. The molecule has 0 bridgehead atoms. The molecule has 28 valence electrons. The van der Waals surface area contributed by atoms with Gasteiger partial charge in [0.25, 0.3) is 0 Å². The maximum absolute atomic E-state index is 6.18. The van der Waals surface area contributed by atoms with Gasteiger partial charge in [0.05, 0.1) is 6.26 Å². The van der Waals surface area contributed by atoms with Crippen LogP contribution in [0.2, 0.25) is 0 Å². The third-order valence-electron chi connectivity index (χ3n) is 0.164. The van der Waals surface area contributed by atoms with E-state index in [1.54, 1.807) is 0 Å². The topological polar surface area (TPSA) is 33.1 Å². The lowest BCUT2D eigenvalue weighted by molar-refractivity contribution is 0.492. The Morgan fingerprint density at radius 3 is 2.40 bits per heavy atom. The lowest BCUT2D eigenvalue weighted by Crippen LogP contribution is -1.65. The molecule has 0 saturated carbocycles. The van der Waals surface area contributed by atoms with E-state index in [1.165, 1.54) is 6.26 Å². The highest BCUT2D eigenvalue weighted by Gasteiger charge is 1.47. The first-order chi connectivity index (χ1) is 2.41. The lowest BCUT2D eigenvalue weighted by Gasteiger charge is -1.74. The van der Waals surface area contributed by atoms with E-state index in [1.807, 2.05) is 0 Å². The maximum Gasteiger partial charge on any atom is 0.172 e. The van der Waals surface area contributed by atoms with Gasteiger partial charge in [-0.25, -0.2) is 0 Å². The van der Waals surface area contributed by atoms with Crippen molar-refractivity contribution in [2.24, 2.45) is 0 Å². The van der Waals surface area contributed by atoms with Crippen molar-refractivity contribution in [2.75, 3.05) is 0 Å². The summed E-state index contributed by atoms with van der Waals surface area (Å²) in [7, 11) is 0. The first-order valence-corrected chi connectivity index (χ1v) is 1.17. The zero-order valence-corrected chi connectivity index (χ0v) is 2.77. The monoisotopic (exact) mass is 71.0 g/mol. The Hall–Kier alpha value is -0.790. The first-order valence-electron chi connectivity index (χ1n) is 1.17. The van der Waals surface area contributed by atoms with Gasteiger partial charge in [-0.1, -0.05) is 6.58 Å². The molecule has 5 heavy (non-hydrogen) atoms. The zero-order valence-electron chi connectivity index (χ0n) is 2.77. The van der Waals surface area contributed by atoms with Gasteiger partial charge >= 0.3 is 0 Å². The molecule has 1 N–H and O–H groups in total. The average Bonchev–Trinajstić information content (AvgIpc) is 1.41. The van der Waals surface area contributed by atoms with Crippen LogP contribution in [0.4, 0.5) is 0 Å². The maximum atomic E-state index is 6.18. The second-order valence-corrected chi connectivity index (χ2v) is 0.421. The fourth-order valence-electron chi connectivity index (χ4n) is 0.0481. The Morgan fingerprint density at radius 1 is 1.80 bits per heavy atom. The number of hydrogen-bond donors (Lipinski definition) is 1. The molecule has 2 heteroatoms. The van der Waals surface area contributed by atoms with Crippen LogP contribution in [0.25, 0.3) is 0 Å². The van der Waals surface area contributed by atoms with Gasteiger partial charge in [0.15, 0.2) is 6.40 Å². The SMILES string of the molecule is C=COC=N. The van der Waals surface area contributed by atoms with Crippen LogP contribution in [0, 0.1) is 5.41 Å². The Kier molecular flexibility index (Phi) is 2.70. The third kappa shape index (κ3) is 3.21. The molecule has 0 aliphatic rings. The van der Waals surface area contributed by atoms with E-state index in [0.29, 0.717) is 0 Å². The van der Waals surface area contributed by atoms with Crippen molar-refractivity contribution in [1.82, 2.24) is 0 Å². The van der Waals surface area contributed by atoms with E-state index in [9.17, 15) is 0 Å². The van der Waals surface area contributed by atoms with Crippen molar-refractivity contribution in [3.8, 4) is 0 Å². The van der Waals surface area contributed by atoms with Gasteiger partial charge in [-0.2, -0.15) is 0 Å². The molecule has 0 rings (SSSR count). The molecule has 0 saturated heterocycles. The van der Waals surface area contributed by atoms with Crippen molar-refractivity contribution < 1.29 is 4.74 Å². The van der Waals surface area contributed by atoms with Crippen molar-refractivity contribution >= 4 is 6.40 Å². The van der Waals surface area contributed by atoms with E-state index in [2.05, 4.69) is 11.3 Å². The molecule has 0 aliphatic heterocycles. The fourth-order valence-corrected chi connectivity index (χ4v) is 0.0481. The third-order valence-corrected chi connectivity index (χ3v) is 0.164. The number of ether oxygens (including phenoxy) is 1. The Morgan fingerprint density at radius 2 is 2.40 bits per heavy atom. The molecule has 0 aromatic rings. The molecule has 0 atom stereocenters. The van der Waals surface area contributed by atoms with E-state index in [-0.39, 0.29) is 0 Å². The molecule has 0 unspecified atom stereocenters. The molecule has 0 spiro atoms. The molecule has 0 aliphatic carbocycles. The number of rotatable bonds is 2. The molecule has 0 aromatic carbocycles. The predicted octanol–water partition coefficient (Wildman–Crippen LogP) is 0.754. The summed E-state index contributed by atoms with van der Waals surface area (Å²) in [5, 5.41) is 6.18. The van der Waals surface area contributed by atoms with Crippen molar-refractivity contribution in [3.63, 3.8) is 0 Å². The van der Waals surface area contributed by atoms with E-state index in [4.69, 9.17) is 5.41 Å². The Bertz CT molecular complexity index is 36.2. The minimum absolute atomic E-state index is 0.812. The average molecular weight is 71.1 g/mol. The summed E-state index contributed by atoms with van der Waals surface area (Å²) in [6.07, 6.45) is 2.00. The van der Waals surface area contributed by atoms with E-state index >= 15 is 0 Å². The Labute approximate surface area is 30.6 Å². The van der Waals surface area contributed by atoms with Crippen LogP contribution in [0.15, 0.2) is 12.8 Å². The van der Waals surface area contributed by atoms with Crippen LogP contribution in [-0.4, -0.2) is 6.40 Å². The van der Waals surface area contributed by atoms with Crippen molar-refractivity contribution in [2.45, 2.75) is 0 Å². The summed E-state index contributed by atoms with van der Waals surface area (Å²) in [6.45, 7) is 3.18. The molecule has 2 nitrogen and oxygen atoms in total. The quantitative estimate of drug-likeness (QED) is 0.291. The van der Waals surface area contributed by atoms with Crippen LogP contribution in [-0.2, 0) is 4.74 Å². The lowest BCUT2D eigenvalue weighted by atomic mass is 11.1. The van der Waals surface area contributed by atoms with Gasteiger partial charge < -0.3 is 4.74 Å². The van der Waals surface area contributed by atoms with Gasteiger partial charge in [0.1, 0.15) is 0 Å². The van der Waals surface area contributed by atoms with Gasteiger partial charge in [0, 0.05) is 0 Å². The Balaban J connectivity index is 2.65. The van der Waals surface area contributed by atoms with Gasteiger partial charge in [0.2, 0.25) is 0 Å². The van der Waals surface area contributed by atoms with Crippen LogP contribution in [0.1, 0.15) is 0 Å². The molecule has 0 aromatic heterocycles. The van der Waals surface area contributed by atoms with Gasteiger partial charge in [-0.05, 0) is 0 Å². The van der Waals surface area contributed by atoms with E-state index < -0.39 is 0 Å². The molecule has 0 amide bonds. The van der Waals surface area contributed by atoms with Gasteiger partial charge in [-0.15, -0.1) is 0 Å². The van der Waals surface area contributed by atoms with Crippen molar-refractivity contribution in [1.29, 1.82) is 5.41 Å². The standard InChI is InChI=1S/C3H5NO/c1-2-5-3-4/h2-4H,1H2. The highest BCUT2D eigenvalue weighted by Crippen LogP contribution is 1.56. The summed E-state index contributed by atoms with van der Waals surface area (Å²) in [6, 6.07) is 0. The normalized spacial score (nSPS) is 5.60. The van der Waals surface area contributed by atoms with E-state index in [0.717, 1.165) is 6.40 Å². The van der Waals surface area contributed by atoms with Gasteiger partial charge in [-0.3, -0.25) is 5.41 Å². The fraction of sp³-hybridized carbons (Fsp3) is 0. The smallest absolute Gasteiger partial charge is 0.172 e. The van der Waals surface area contributed by atoms with Crippen LogP contribution >= 0.6 is 0 Å². The molecular weight excluding hydrogens is 66.0 g/mol. The highest BCUT2D eigenvalue weighted by molar-refractivity contribution is 5.41. The predicted molar refractivity (Wildman–Crippen MR) is 20.1 cm³/mol. The molecule has 0 radical (unpaired) electrons. The van der Waals surface area contributed by atoms with Crippen LogP contribution < -0.4 is 0 Å². The summed E-state index contributed by atoms with van der Waals surface area (Å²) in [4.78, 5) is 0. The summed E-state index contributed by atoms with van der Waals surface area (Å²) < 4.78 is 4.14. The highest BCUT2D eigenvalue weighted by atomic mass is 16.5. The minimum Gasteiger partial charge on any atom is -0.455 e. The zero-order chi connectivity index (χ0) is 4.12. The largest absolute Gasteiger partial charge is 0.455 e. The molecule has 0 fully saturated rings. The number of nitrogens with one attached hydrogen (secondary N) is 1. The summed E-state index contributed by atoms with van der Waals surface area (Å²) in [5.41, 5.74) is 0. The van der Waals surface area contributed by atoms with Crippen LogP contribution in [0.3, 0.4) is 0 Å². The summed E-state index contributed by atoms with van der Waals surface area (Å²) >= 11 is 0. The van der Waals surface area contributed by atoms with Crippen LogP contribution in [0.5, 0.6) is 0 Å². The molecular formula is C3H5NO. The van der Waals surface area contributed by atoms with Crippen molar-refractivity contribution in [3.05, 3.63) is 12.8 Å². The molecule has 0 heterocycles. The number of hydrogen-bond acceptors (Lipinski definition) is 2. The summed E-state index contributed by atoms with van der Waals surface area (Å²) in [5.74, 6) is 0. The second kappa shape index (κ2) is 3.21. The second-order valence-electron chi connectivity index (χ2n) is 0.421.